The monoisotopic (exact) mass is 614 g/mol. The Labute approximate surface area is 263 Å². The zero-order valence-electron chi connectivity index (χ0n) is 25.1. The smallest absolute Gasteiger partial charge is 0.277 e. The predicted octanol–water partition coefficient (Wildman–Crippen LogP) is 6.95. The van der Waals surface area contributed by atoms with Gasteiger partial charge in [0.2, 0.25) is 5.91 Å². The molecule has 0 saturated carbocycles. The molecule has 7 rings (SSSR count). The van der Waals surface area contributed by atoms with E-state index in [4.69, 9.17) is 4.42 Å². The molecule has 0 spiro atoms. The van der Waals surface area contributed by atoms with Crippen molar-refractivity contribution in [3.8, 4) is 11.4 Å². The van der Waals surface area contributed by atoms with Gasteiger partial charge in [-0.1, -0.05) is 30.3 Å². The van der Waals surface area contributed by atoms with Crippen LogP contribution < -0.4 is 16.2 Å². The number of anilines is 1. The summed E-state index contributed by atoms with van der Waals surface area (Å²) in [5.41, 5.74) is 4.58. The number of pyridine rings is 1. The Bertz CT molecular complexity index is 2200. The number of hydrogen-bond donors (Lipinski definition) is 3. The molecule has 0 aliphatic rings. The van der Waals surface area contributed by atoms with Crippen LogP contribution in [0.5, 0.6) is 0 Å². The maximum absolute atomic E-state index is 13.7. The van der Waals surface area contributed by atoms with Gasteiger partial charge in [0, 0.05) is 51.9 Å². The molecule has 230 valence electrons. The fourth-order valence-electron chi connectivity index (χ4n) is 5.19. The van der Waals surface area contributed by atoms with Crippen molar-refractivity contribution < 1.29 is 13.6 Å². The lowest BCUT2D eigenvalue weighted by molar-refractivity contribution is -0.121. The molecule has 0 aliphatic heterocycles. The molecule has 7 aromatic rings. The fourth-order valence-corrected chi connectivity index (χ4v) is 5.19. The highest BCUT2D eigenvalue weighted by Gasteiger charge is 2.16. The first-order chi connectivity index (χ1) is 22.4. The average Bonchev–Trinajstić information content (AvgIpc) is 3.66. The summed E-state index contributed by atoms with van der Waals surface area (Å²) in [5, 5.41) is 8.98. The summed E-state index contributed by atoms with van der Waals surface area (Å²) in [4.78, 5) is 38.6. The standard InChI is InChI=1S/C33H25FN6O3.C3H6/c34-23-8-6-21(7-9-23)32-38-18-28(36-15-20-5-10-30-26(13-20)25-3-1-2-4-29(25)43-30)33(42)40(32)19-31(41)37-17-24-14-22-16-35-12-11-27(22)39-24;1-3-2/h1-14,16,18,36,39H,15,17,19H2,(H,37,41);3H,1H2,2H3. The summed E-state index contributed by atoms with van der Waals surface area (Å²) in [6, 6.07) is 23.1. The Morgan fingerprint density at radius 3 is 2.59 bits per heavy atom. The minimum atomic E-state index is -0.420. The first kappa shape index (κ1) is 30.0. The molecule has 1 amide bonds. The number of nitrogens with zero attached hydrogens (tertiary/aromatic N) is 3. The van der Waals surface area contributed by atoms with Crippen molar-refractivity contribution in [2.24, 2.45) is 0 Å². The van der Waals surface area contributed by atoms with Gasteiger partial charge in [0.1, 0.15) is 35.0 Å². The molecule has 3 aromatic carbocycles. The van der Waals surface area contributed by atoms with Crippen LogP contribution in [-0.2, 0) is 24.4 Å². The number of para-hydroxylation sites is 1. The molecule has 9 nitrogen and oxygen atoms in total. The summed E-state index contributed by atoms with van der Waals surface area (Å²) in [6.07, 6.45) is 6.63. The normalized spacial score (nSPS) is 10.9. The molecule has 3 N–H and O–H groups in total. The van der Waals surface area contributed by atoms with Gasteiger partial charge in [0.25, 0.3) is 5.56 Å². The number of nitrogens with one attached hydrogen (secondary N) is 3. The van der Waals surface area contributed by atoms with Gasteiger partial charge in [0.05, 0.1) is 12.7 Å². The van der Waals surface area contributed by atoms with Crippen LogP contribution >= 0.6 is 0 Å². The van der Waals surface area contributed by atoms with E-state index in [9.17, 15) is 14.0 Å². The Balaban J connectivity index is 0.00000119. The van der Waals surface area contributed by atoms with Gasteiger partial charge in [-0.25, -0.2) is 9.37 Å². The van der Waals surface area contributed by atoms with E-state index in [1.54, 1.807) is 18.5 Å². The number of aromatic nitrogens is 4. The molecular weight excluding hydrogens is 583 g/mol. The minimum absolute atomic E-state index is 0.235. The highest BCUT2D eigenvalue weighted by molar-refractivity contribution is 6.05. The summed E-state index contributed by atoms with van der Waals surface area (Å²) >= 11 is 0. The number of allylic oxidation sites excluding steroid dienone is 1. The number of fused-ring (bicyclic) bond motifs is 4. The molecule has 0 saturated heterocycles. The van der Waals surface area contributed by atoms with E-state index in [0.29, 0.717) is 12.1 Å². The third-order valence-electron chi connectivity index (χ3n) is 7.33. The van der Waals surface area contributed by atoms with Gasteiger partial charge in [0.15, 0.2) is 0 Å². The Morgan fingerprint density at radius 2 is 1.78 bits per heavy atom. The number of furan rings is 1. The van der Waals surface area contributed by atoms with Crippen LogP contribution in [0.1, 0.15) is 18.2 Å². The van der Waals surface area contributed by atoms with Crippen LogP contribution in [0.4, 0.5) is 10.1 Å². The molecule has 4 aromatic heterocycles. The van der Waals surface area contributed by atoms with Crippen LogP contribution in [-0.4, -0.2) is 25.4 Å². The molecule has 0 bridgehead atoms. The van der Waals surface area contributed by atoms with Crippen LogP contribution in [0.3, 0.4) is 0 Å². The molecule has 0 aliphatic carbocycles. The molecular formula is C36H31FN6O3. The maximum atomic E-state index is 13.7. The molecule has 0 atom stereocenters. The molecule has 0 radical (unpaired) electrons. The number of amides is 1. The molecule has 10 heteroatoms. The molecule has 0 unspecified atom stereocenters. The van der Waals surface area contributed by atoms with E-state index < -0.39 is 11.4 Å². The number of carbonyl (C=O) groups excluding carboxylic acids is 1. The van der Waals surface area contributed by atoms with E-state index in [1.807, 2.05) is 61.5 Å². The summed E-state index contributed by atoms with van der Waals surface area (Å²) < 4.78 is 20.9. The van der Waals surface area contributed by atoms with Crippen molar-refractivity contribution in [1.82, 2.24) is 24.8 Å². The van der Waals surface area contributed by atoms with Gasteiger partial charge in [-0.3, -0.25) is 19.1 Å². The lowest BCUT2D eigenvalue weighted by Crippen LogP contribution is -2.34. The lowest BCUT2D eigenvalue weighted by atomic mass is 10.1. The third-order valence-corrected chi connectivity index (χ3v) is 7.33. The maximum Gasteiger partial charge on any atom is 0.277 e. The van der Waals surface area contributed by atoms with Gasteiger partial charge in [-0.05, 0) is 67.1 Å². The van der Waals surface area contributed by atoms with Gasteiger partial charge < -0.3 is 20.0 Å². The second kappa shape index (κ2) is 13.3. The van der Waals surface area contributed by atoms with Crippen molar-refractivity contribution >= 4 is 44.4 Å². The van der Waals surface area contributed by atoms with Crippen molar-refractivity contribution in [2.45, 2.75) is 26.6 Å². The van der Waals surface area contributed by atoms with Gasteiger partial charge >= 0.3 is 0 Å². The fraction of sp³-hybridized carbons (Fsp3) is 0.111. The van der Waals surface area contributed by atoms with E-state index in [2.05, 4.69) is 32.2 Å². The van der Waals surface area contributed by atoms with E-state index in [-0.39, 0.29) is 30.5 Å². The average molecular weight is 615 g/mol. The summed E-state index contributed by atoms with van der Waals surface area (Å²) in [6.45, 7) is 5.57. The minimum Gasteiger partial charge on any atom is -0.456 e. The highest BCUT2D eigenvalue weighted by atomic mass is 19.1. The lowest BCUT2D eigenvalue weighted by Gasteiger charge is -2.15. The van der Waals surface area contributed by atoms with Crippen LogP contribution in [0.15, 0.2) is 119 Å². The Hall–Kier alpha value is -6.03. The van der Waals surface area contributed by atoms with Crippen molar-refractivity contribution in [3.63, 3.8) is 0 Å². The van der Waals surface area contributed by atoms with Crippen LogP contribution in [0.2, 0.25) is 0 Å². The molecule has 46 heavy (non-hydrogen) atoms. The van der Waals surface area contributed by atoms with E-state index in [0.717, 1.165) is 44.1 Å². The van der Waals surface area contributed by atoms with Gasteiger partial charge in [-0.15, -0.1) is 6.58 Å². The number of hydrogen-bond acceptors (Lipinski definition) is 6. The van der Waals surface area contributed by atoms with Crippen molar-refractivity contribution in [3.05, 3.63) is 138 Å². The van der Waals surface area contributed by atoms with Crippen LogP contribution in [0, 0.1) is 5.82 Å². The quantitative estimate of drug-likeness (QED) is 0.160. The number of aromatic amines is 1. The van der Waals surface area contributed by atoms with Gasteiger partial charge in [-0.2, -0.15) is 0 Å². The Kier molecular flexibility index (Phi) is 8.69. The SMILES string of the molecule is C=CC.O=C(Cn1c(-c2ccc(F)cc2)ncc(NCc2ccc3oc4ccccc4c3c2)c1=O)NCc1cc2cnccc2[nH]1. The second-order valence-corrected chi connectivity index (χ2v) is 10.6. The first-order valence-corrected chi connectivity index (χ1v) is 14.7. The van der Waals surface area contributed by atoms with Crippen molar-refractivity contribution in [1.29, 1.82) is 0 Å². The third kappa shape index (κ3) is 6.41. The number of rotatable bonds is 8. The molecule has 0 fully saturated rings. The number of benzene rings is 3. The zero-order chi connectivity index (χ0) is 32.0. The van der Waals surface area contributed by atoms with Crippen molar-refractivity contribution in [2.75, 3.05) is 5.32 Å². The second-order valence-electron chi connectivity index (χ2n) is 10.6. The van der Waals surface area contributed by atoms with E-state index >= 15 is 0 Å². The molecule has 4 heterocycles. The van der Waals surface area contributed by atoms with Crippen LogP contribution in [0.25, 0.3) is 44.2 Å². The first-order valence-electron chi connectivity index (χ1n) is 14.7. The summed E-state index contributed by atoms with van der Waals surface area (Å²) in [5.74, 6) is -0.531. The summed E-state index contributed by atoms with van der Waals surface area (Å²) in [7, 11) is 0. The highest BCUT2D eigenvalue weighted by Crippen LogP contribution is 2.29. The number of H-pyrrole nitrogens is 1. The predicted molar refractivity (Wildman–Crippen MR) is 179 cm³/mol. The largest absolute Gasteiger partial charge is 0.456 e. The topological polar surface area (TPSA) is 118 Å². The zero-order valence-corrected chi connectivity index (χ0v) is 25.1. The number of carbonyl (C=O) groups is 1. The Morgan fingerprint density at radius 1 is 1.00 bits per heavy atom. The number of halogens is 1. The van der Waals surface area contributed by atoms with E-state index in [1.165, 1.54) is 35.0 Å².